The normalized spacial score (nSPS) is 18.0. The maximum atomic E-state index is 14.4. The summed E-state index contributed by atoms with van der Waals surface area (Å²) in [6.45, 7) is 4.38. The zero-order chi connectivity index (χ0) is 38.2. The molecule has 4 atom stereocenters. The minimum atomic E-state index is -1.13. The quantitative estimate of drug-likeness (QED) is 0.164. The molecule has 7 N–H and O–H groups in total. The maximum absolute atomic E-state index is 14.4. The highest BCUT2D eigenvalue weighted by Gasteiger charge is 2.35. The highest BCUT2D eigenvalue weighted by atomic mass is 16.5. The van der Waals surface area contributed by atoms with E-state index in [1.54, 1.807) is 38.2 Å². The number of carbonyl (C=O) groups is 5. The van der Waals surface area contributed by atoms with Gasteiger partial charge in [0.1, 0.15) is 36.5 Å². The predicted octanol–water partition coefficient (Wildman–Crippen LogP) is 3.15. The smallest absolute Gasteiger partial charge is 0.226 e. The van der Waals surface area contributed by atoms with Gasteiger partial charge in [0.25, 0.3) is 0 Å². The summed E-state index contributed by atoms with van der Waals surface area (Å²) in [5.74, 6) is -2.21. The highest BCUT2D eigenvalue weighted by molar-refractivity contribution is 5.96. The average Bonchev–Trinajstić information content (AvgIpc) is 3.12. The first-order valence-electron chi connectivity index (χ1n) is 18.1. The van der Waals surface area contributed by atoms with Crippen LogP contribution in [-0.4, -0.2) is 80.0 Å². The number of carbonyl (C=O) groups excluding carboxylic acids is 5. The third-order valence-electron chi connectivity index (χ3n) is 9.15. The lowest BCUT2D eigenvalue weighted by atomic mass is 9.88. The second-order valence-corrected chi connectivity index (χ2v) is 13.4. The van der Waals surface area contributed by atoms with Crippen LogP contribution in [0.15, 0.2) is 36.4 Å². The number of unbranched alkanes of at least 4 members (excludes halogenated alkanes) is 2. The van der Waals surface area contributed by atoms with E-state index in [1.807, 2.05) is 18.2 Å². The zero-order valence-corrected chi connectivity index (χ0v) is 30.7. The van der Waals surface area contributed by atoms with E-state index in [4.69, 9.17) is 31.9 Å². The van der Waals surface area contributed by atoms with Crippen molar-refractivity contribution in [3.8, 4) is 28.7 Å². The van der Waals surface area contributed by atoms with Crippen molar-refractivity contribution in [3.63, 3.8) is 0 Å². The Morgan fingerprint density at radius 1 is 0.942 bits per heavy atom. The van der Waals surface area contributed by atoms with Crippen molar-refractivity contribution in [1.82, 2.24) is 10.2 Å². The van der Waals surface area contributed by atoms with Crippen LogP contribution in [0.3, 0.4) is 0 Å². The molecule has 52 heavy (non-hydrogen) atoms. The minimum absolute atomic E-state index is 0.0169. The van der Waals surface area contributed by atoms with E-state index >= 15 is 0 Å². The number of hydrogen-bond donors (Lipinski definition) is 4. The molecule has 2 aromatic rings. The highest BCUT2D eigenvalue weighted by Crippen LogP contribution is 2.41. The molecule has 0 saturated heterocycles. The second-order valence-electron chi connectivity index (χ2n) is 13.4. The zero-order valence-electron chi connectivity index (χ0n) is 30.7. The fourth-order valence-electron chi connectivity index (χ4n) is 6.48. The molecule has 4 bridgehead atoms. The van der Waals surface area contributed by atoms with Crippen LogP contribution in [0.5, 0.6) is 11.5 Å². The molecule has 0 fully saturated rings. The van der Waals surface area contributed by atoms with Crippen LogP contribution < -0.4 is 32.0 Å². The van der Waals surface area contributed by atoms with E-state index < -0.39 is 35.6 Å². The van der Waals surface area contributed by atoms with Gasteiger partial charge in [0.2, 0.25) is 11.8 Å². The Kier molecular flexibility index (Phi) is 16.9. The number of nitriles is 1. The average molecular weight is 719 g/mol. The first-order chi connectivity index (χ1) is 24.9. The van der Waals surface area contributed by atoms with Crippen LogP contribution in [0, 0.1) is 23.2 Å². The molecule has 2 amide bonds. The van der Waals surface area contributed by atoms with Crippen molar-refractivity contribution < 1.29 is 33.4 Å². The van der Waals surface area contributed by atoms with E-state index in [1.165, 1.54) is 11.8 Å². The molecule has 1 aliphatic rings. The summed E-state index contributed by atoms with van der Waals surface area (Å²) >= 11 is 0. The molecule has 13 heteroatoms. The number of Topliss-reactive ketones (excluding diaryl/α,β-unsaturated/α-hetero) is 3. The number of hydrogen-bond acceptors (Lipinski definition) is 11. The van der Waals surface area contributed by atoms with Gasteiger partial charge >= 0.3 is 0 Å². The van der Waals surface area contributed by atoms with Crippen LogP contribution in [0.25, 0.3) is 11.1 Å². The molecule has 0 radical (unpaired) electrons. The Morgan fingerprint density at radius 2 is 1.60 bits per heavy atom. The number of benzene rings is 2. The third kappa shape index (κ3) is 11.7. The molecule has 13 nitrogen and oxygen atoms in total. The van der Waals surface area contributed by atoms with Gasteiger partial charge in [-0.15, -0.1) is 0 Å². The molecule has 0 aromatic heterocycles. The monoisotopic (exact) mass is 718 g/mol. The van der Waals surface area contributed by atoms with Crippen LogP contribution >= 0.6 is 0 Å². The lowest BCUT2D eigenvalue weighted by molar-refractivity contribution is -0.143. The largest absolute Gasteiger partial charge is 0.492 e. The molecular formula is C39H54N6O7. The summed E-state index contributed by atoms with van der Waals surface area (Å²) in [5.41, 5.74) is 19.6. The summed E-state index contributed by atoms with van der Waals surface area (Å²) < 4.78 is 12.2. The summed E-state index contributed by atoms with van der Waals surface area (Å²) in [7, 11) is 1.54. The maximum Gasteiger partial charge on any atom is 0.226 e. The molecule has 0 saturated carbocycles. The van der Waals surface area contributed by atoms with E-state index in [0.29, 0.717) is 60.4 Å². The van der Waals surface area contributed by atoms with Crippen molar-refractivity contribution in [2.24, 2.45) is 29.0 Å². The van der Waals surface area contributed by atoms with E-state index in [9.17, 15) is 24.0 Å². The van der Waals surface area contributed by atoms with E-state index in [2.05, 4.69) is 5.32 Å². The molecular weight excluding hydrogens is 664 g/mol. The molecule has 0 aliphatic carbocycles. The summed E-state index contributed by atoms with van der Waals surface area (Å²) in [5, 5.41) is 11.9. The Balaban J connectivity index is 2.27. The van der Waals surface area contributed by atoms with Gasteiger partial charge in [0, 0.05) is 68.8 Å². The summed E-state index contributed by atoms with van der Waals surface area (Å²) in [4.78, 5) is 69.3. The van der Waals surface area contributed by atoms with Gasteiger partial charge in [-0.2, -0.15) is 5.26 Å². The molecule has 1 heterocycles. The van der Waals surface area contributed by atoms with Gasteiger partial charge in [-0.25, -0.2) is 0 Å². The number of nitrogens with one attached hydrogen (secondary N) is 1. The number of fused-ring (bicyclic) bond motifs is 5. The van der Waals surface area contributed by atoms with Crippen LogP contribution in [-0.2, 0) is 30.4 Å². The number of likely N-dealkylation sites (N-methyl/N-ethyl adjacent to an activating group) is 1. The second kappa shape index (κ2) is 21.0. The minimum Gasteiger partial charge on any atom is -0.492 e. The predicted molar refractivity (Wildman–Crippen MR) is 197 cm³/mol. The number of nitrogens with zero attached hydrogens (tertiary/aromatic N) is 2. The van der Waals surface area contributed by atoms with E-state index in [-0.39, 0.29) is 75.9 Å². The number of nitrogens with two attached hydrogens (primary N) is 3. The third-order valence-corrected chi connectivity index (χ3v) is 9.15. The topological polar surface area (TPSA) is 221 Å². The van der Waals surface area contributed by atoms with Crippen molar-refractivity contribution in [2.45, 2.75) is 83.7 Å². The number of ether oxygens (including phenoxy) is 2. The first-order valence-corrected chi connectivity index (χ1v) is 18.1. The first kappa shape index (κ1) is 41.8. The van der Waals surface area contributed by atoms with Crippen molar-refractivity contribution in [3.05, 3.63) is 47.5 Å². The molecule has 3 rings (SSSR count). The molecule has 0 unspecified atom stereocenters. The lowest BCUT2D eigenvalue weighted by Crippen LogP contribution is -2.45. The Hall–Kier alpha value is -4.64. The van der Waals surface area contributed by atoms with Gasteiger partial charge < -0.3 is 41.7 Å². The van der Waals surface area contributed by atoms with Crippen LogP contribution in [0.1, 0.15) is 82.4 Å². The molecule has 0 spiro atoms. The Labute approximate surface area is 306 Å². The Bertz CT molecular complexity index is 1610. The van der Waals surface area contributed by atoms with Crippen LogP contribution in [0.2, 0.25) is 0 Å². The summed E-state index contributed by atoms with van der Waals surface area (Å²) in [6.07, 6.45) is 2.33. The van der Waals surface area contributed by atoms with Gasteiger partial charge in [-0.05, 0) is 74.5 Å². The van der Waals surface area contributed by atoms with Gasteiger partial charge in [-0.3, -0.25) is 19.2 Å². The fraction of sp³-hybridized carbons (Fsp3) is 0.538. The van der Waals surface area contributed by atoms with Gasteiger partial charge in [-0.1, -0.05) is 25.5 Å². The summed E-state index contributed by atoms with van der Waals surface area (Å²) in [6, 6.07) is 10.6. The van der Waals surface area contributed by atoms with Gasteiger partial charge in [0.05, 0.1) is 12.1 Å². The van der Waals surface area contributed by atoms with Crippen molar-refractivity contribution in [1.29, 1.82) is 5.26 Å². The van der Waals surface area contributed by atoms with Crippen molar-refractivity contribution in [2.75, 3.05) is 39.9 Å². The lowest BCUT2D eigenvalue weighted by Gasteiger charge is -2.32. The molecule has 1 aliphatic heterocycles. The number of rotatable bonds is 18. The van der Waals surface area contributed by atoms with E-state index in [0.717, 1.165) is 5.56 Å². The molecule has 2 aromatic carbocycles. The number of amides is 2. The van der Waals surface area contributed by atoms with Gasteiger partial charge in [0.15, 0.2) is 11.6 Å². The van der Waals surface area contributed by atoms with Crippen molar-refractivity contribution >= 4 is 29.2 Å². The number of ketones is 3. The Morgan fingerprint density at radius 3 is 2.21 bits per heavy atom. The fourth-order valence-corrected chi connectivity index (χ4v) is 6.48. The standard InChI is InChI=1S/C39H54N6O7/c1-25-20-34(48)37(45(3)39(50)29(21-26(2)46)8-4-6-14-40)28-11-13-36(52-19-17-43)31(24-28)30-22-27(10-12-35(30)51-18-16-42)23-32(44-38(25)49)33(47)9-5-7-15-41/h10-13,22,24-25,29,32,37H,4-9,14,16-21,23,40,42-43H2,1-3H3,(H,44,49)/t25-,29-,32+,37+/m1/s1. The van der Waals surface area contributed by atoms with Crippen LogP contribution in [0.4, 0.5) is 0 Å². The molecule has 282 valence electrons. The SMILES string of the molecule is CC(=O)C[C@@H](CCCCN)C(=O)N(C)[C@@H]1C(=O)C[C@@H](C)C(=O)N[C@H](C(=O)CCCC#N)Cc2ccc(OCCN)c(c2)-c2cc1ccc2OCCN.